The van der Waals surface area contributed by atoms with Crippen LogP contribution in [-0.2, 0) is 4.79 Å². The van der Waals surface area contributed by atoms with Crippen LogP contribution in [0.4, 0.5) is 0 Å². The first-order chi connectivity index (χ1) is 10.2. The van der Waals surface area contributed by atoms with Crippen LogP contribution in [-0.4, -0.2) is 48.9 Å². The molecule has 0 atom stereocenters. The zero-order valence-corrected chi connectivity index (χ0v) is 13.3. The third-order valence-electron chi connectivity index (χ3n) is 5.37. The van der Waals surface area contributed by atoms with Crippen molar-refractivity contribution >= 4 is 5.91 Å². The Morgan fingerprint density at radius 3 is 2.38 bits per heavy atom. The number of nitrogens with zero attached hydrogens (tertiary/aromatic N) is 2. The van der Waals surface area contributed by atoms with E-state index in [9.17, 15) is 4.79 Å². The van der Waals surface area contributed by atoms with Crippen LogP contribution in [0.5, 0.6) is 0 Å². The summed E-state index contributed by atoms with van der Waals surface area (Å²) >= 11 is 0. The fraction of sp³-hybridized carbons (Fsp3) is 0.722. The largest absolute Gasteiger partial charge is 0.342 e. The fourth-order valence-corrected chi connectivity index (χ4v) is 3.88. The molecule has 0 N–H and O–H groups in total. The van der Waals surface area contributed by atoms with Gasteiger partial charge in [-0.3, -0.25) is 4.79 Å². The van der Waals surface area contributed by atoms with Crippen LogP contribution in [0.25, 0.3) is 0 Å². The summed E-state index contributed by atoms with van der Waals surface area (Å²) in [6.45, 7) is 4.07. The van der Waals surface area contributed by atoms with Gasteiger partial charge in [0, 0.05) is 19.0 Å². The minimum Gasteiger partial charge on any atom is -0.342 e. The zero-order chi connectivity index (χ0) is 14.7. The summed E-state index contributed by atoms with van der Waals surface area (Å²) in [5, 5.41) is 0. The predicted octanol–water partition coefficient (Wildman–Crippen LogP) is 2.84. The predicted molar refractivity (Wildman–Crippen MR) is 86.0 cm³/mol. The second-order valence-corrected chi connectivity index (χ2v) is 6.86. The third-order valence-corrected chi connectivity index (χ3v) is 5.37. The first-order valence-electron chi connectivity index (χ1n) is 8.58. The van der Waals surface area contributed by atoms with E-state index in [1.807, 2.05) is 0 Å². The topological polar surface area (TPSA) is 23.6 Å². The summed E-state index contributed by atoms with van der Waals surface area (Å²) in [4.78, 5) is 17.1. The van der Waals surface area contributed by atoms with Crippen molar-refractivity contribution in [2.45, 2.75) is 38.5 Å². The van der Waals surface area contributed by atoms with Gasteiger partial charge in [-0.2, -0.15) is 0 Å². The van der Waals surface area contributed by atoms with E-state index in [1.54, 1.807) is 0 Å². The van der Waals surface area contributed by atoms with Gasteiger partial charge < -0.3 is 9.80 Å². The smallest absolute Gasteiger partial charge is 0.225 e. The van der Waals surface area contributed by atoms with Gasteiger partial charge in [0.25, 0.3) is 0 Å². The highest BCUT2D eigenvalue weighted by atomic mass is 16.2. The lowest BCUT2D eigenvalue weighted by atomic mass is 9.85. The molecule has 0 radical (unpaired) electrons. The van der Waals surface area contributed by atoms with Gasteiger partial charge in [-0.25, -0.2) is 0 Å². The van der Waals surface area contributed by atoms with Crippen molar-refractivity contribution in [1.29, 1.82) is 0 Å². The summed E-state index contributed by atoms with van der Waals surface area (Å²) in [6, 6.07) is 0. The van der Waals surface area contributed by atoms with E-state index in [0.29, 0.717) is 11.8 Å². The van der Waals surface area contributed by atoms with Crippen LogP contribution >= 0.6 is 0 Å². The third kappa shape index (κ3) is 3.57. The van der Waals surface area contributed by atoms with Gasteiger partial charge in [0.05, 0.1) is 0 Å². The normalized spacial score (nSPS) is 26.0. The van der Waals surface area contributed by atoms with Gasteiger partial charge >= 0.3 is 0 Å². The molecule has 0 aromatic carbocycles. The summed E-state index contributed by atoms with van der Waals surface area (Å²) in [6.07, 6.45) is 13.8. The molecule has 2 saturated heterocycles. The lowest BCUT2D eigenvalue weighted by Gasteiger charge is -2.37. The van der Waals surface area contributed by atoms with Gasteiger partial charge in [-0.1, -0.05) is 18.2 Å². The van der Waals surface area contributed by atoms with Gasteiger partial charge in [0.1, 0.15) is 0 Å². The number of rotatable bonds is 2. The Bertz CT molecular complexity index is 424. The number of likely N-dealkylation sites (tertiary alicyclic amines) is 2. The summed E-state index contributed by atoms with van der Waals surface area (Å²) < 4.78 is 0. The molecule has 2 heterocycles. The van der Waals surface area contributed by atoms with Crippen molar-refractivity contribution in [2.24, 2.45) is 11.8 Å². The molecule has 0 spiro atoms. The summed E-state index contributed by atoms with van der Waals surface area (Å²) in [5.74, 6) is 1.39. The van der Waals surface area contributed by atoms with E-state index in [0.717, 1.165) is 51.9 Å². The molecule has 21 heavy (non-hydrogen) atoms. The molecule has 3 heteroatoms. The maximum absolute atomic E-state index is 12.6. The lowest BCUT2D eigenvalue weighted by molar-refractivity contribution is -0.138. The minimum absolute atomic E-state index is 0.284. The highest BCUT2D eigenvalue weighted by molar-refractivity contribution is 5.79. The van der Waals surface area contributed by atoms with Gasteiger partial charge in [-0.05, 0) is 70.2 Å². The Morgan fingerprint density at radius 2 is 1.76 bits per heavy atom. The Hall–Kier alpha value is -1.09. The first-order valence-corrected chi connectivity index (χ1v) is 8.58. The van der Waals surface area contributed by atoms with Crippen LogP contribution in [0.3, 0.4) is 0 Å². The monoisotopic (exact) mass is 288 g/mol. The van der Waals surface area contributed by atoms with Crippen molar-refractivity contribution in [1.82, 2.24) is 9.80 Å². The van der Waals surface area contributed by atoms with Crippen molar-refractivity contribution < 1.29 is 4.79 Å². The second-order valence-electron chi connectivity index (χ2n) is 6.86. The first kappa shape index (κ1) is 14.8. The molecule has 2 fully saturated rings. The van der Waals surface area contributed by atoms with Crippen molar-refractivity contribution in [2.75, 3.05) is 33.2 Å². The summed E-state index contributed by atoms with van der Waals surface area (Å²) in [7, 11) is 2.15. The standard InChI is InChI=1S/C18H28N2O/c1-19-11-7-17(8-12-19)18(21)20-13-9-16(10-14-20)15-5-3-2-4-6-15/h3,5-6,16-17H,2,4,7-14H2,1H3. The maximum atomic E-state index is 12.6. The fourth-order valence-electron chi connectivity index (χ4n) is 3.88. The average molecular weight is 288 g/mol. The molecule has 2 aliphatic heterocycles. The molecule has 0 aromatic rings. The van der Waals surface area contributed by atoms with E-state index >= 15 is 0 Å². The molecule has 0 unspecified atom stereocenters. The number of piperidine rings is 2. The molecule has 0 bridgehead atoms. The quantitative estimate of drug-likeness (QED) is 0.780. The number of carbonyl (C=O) groups is 1. The number of hydrogen-bond acceptors (Lipinski definition) is 2. The number of amides is 1. The molecule has 3 rings (SSSR count). The number of carbonyl (C=O) groups excluding carboxylic acids is 1. The van der Waals surface area contributed by atoms with Gasteiger partial charge in [0.2, 0.25) is 5.91 Å². The lowest BCUT2D eigenvalue weighted by Crippen LogP contribution is -2.45. The Balaban J connectivity index is 1.50. The number of hydrogen-bond donors (Lipinski definition) is 0. The van der Waals surface area contributed by atoms with Crippen LogP contribution in [0, 0.1) is 11.8 Å². The zero-order valence-electron chi connectivity index (χ0n) is 13.3. The maximum Gasteiger partial charge on any atom is 0.225 e. The van der Waals surface area contributed by atoms with Crippen LogP contribution in [0.2, 0.25) is 0 Å². The van der Waals surface area contributed by atoms with E-state index in [4.69, 9.17) is 0 Å². The van der Waals surface area contributed by atoms with Crippen molar-refractivity contribution in [3.05, 3.63) is 23.8 Å². The molecule has 0 aromatic heterocycles. The van der Waals surface area contributed by atoms with E-state index in [-0.39, 0.29) is 5.92 Å². The molecular weight excluding hydrogens is 260 g/mol. The van der Waals surface area contributed by atoms with E-state index in [1.165, 1.54) is 18.4 Å². The molecule has 116 valence electrons. The molecule has 0 saturated carbocycles. The molecule has 3 aliphatic rings. The average Bonchev–Trinajstić information content (AvgIpc) is 2.56. The highest BCUT2D eigenvalue weighted by Crippen LogP contribution is 2.29. The van der Waals surface area contributed by atoms with E-state index < -0.39 is 0 Å². The Labute approximate surface area is 128 Å². The van der Waals surface area contributed by atoms with Gasteiger partial charge in [-0.15, -0.1) is 0 Å². The van der Waals surface area contributed by atoms with Crippen molar-refractivity contribution in [3.63, 3.8) is 0 Å². The number of allylic oxidation sites excluding steroid dienone is 4. The minimum atomic E-state index is 0.284. The molecular formula is C18H28N2O. The Morgan fingerprint density at radius 1 is 1.05 bits per heavy atom. The Kier molecular flexibility index (Phi) is 4.79. The molecule has 3 nitrogen and oxygen atoms in total. The SMILES string of the molecule is CN1CCC(C(=O)N2CCC(C3=CCCC=C3)CC2)CC1. The van der Waals surface area contributed by atoms with Crippen LogP contribution in [0.1, 0.15) is 38.5 Å². The second kappa shape index (κ2) is 6.78. The highest BCUT2D eigenvalue weighted by Gasteiger charge is 2.30. The molecule has 1 amide bonds. The van der Waals surface area contributed by atoms with Crippen LogP contribution in [0.15, 0.2) is 23.8 Å². The van der Waals surface area contributed by atoms with Crippen LogP contribution < -0.4 is 0 Å². The van der Waals surface area contributed by atoms with E-state index in [2.05, 4.69) is 35.1 Å². The van der Waals surface area contributed by atoms with Gasteiger partial charge in [0.15, 0.2) is 0 Å². The van der Waals surface area contributed by atoms with Crippen molar-refractivity contribution in [3.8, 4) is 0 Å². The summed E-state index contributed by atoms with van der Waals surface area (Å²) in [5.41, 5.74) is 1.52. The molecule has 1 aliphatic carbocycles.